The molecule has 0 bridgehead atoms. The Bertz CT molecular complexity index is 838. The average molecular weight is 353 g/mol. The lowest BCUT2D eigenvalue weighted by molar-refractivity contribution is -0.383. The number of nitro groups is 1. The second kappa shape index (κ2) is 8.56. The highest BCUT2D eigenvalue weighted by atomic mass is 16.6. The molecule has 0 aliphatic carbocycles. The third-order valence-electron chi connectivity index (χ3n) is 3.75. The number of hydrogen-bond acceptors (Lipinski definition) is 7. The first-order chi connectivity index (χ1) is 12.7. The van der Waals surface area contributed by atoms with Gasteiger partial charge in [-0.05, 0) is 12.0 Å². The van der Waals surface area contributed by atoms with Crippen LogP contribution in [-0.2, 0) is 13.1 Å². The molecule has 3 aromatic rings. The van der Waals surface area contributed by atoms with Crippen LogP contribution in [0.25, 0.3) is 0 Å². The maximum atomic E-state index is 11.5. The highest BCUT2D eigenvalue weighted by Gasteiger charge is 2.22. The van der Waals surface area contributed by atoms with Gasteiger partial charge in [0.1, 0.15) is 6.33 Å². The molecular weight excluding hydrogens is 334 g/mol. The molecule has 0 radical (unpaired) electrons. The number of aromatic nitrogens is 4. The minimum absolute atomic E-state index is 0.147. The summed E-state index contributed by atoms with van der Waals surface area (Å²) in [6.45, 7) is 1.76. The van der Waals surface area contributed by atoms with Gasteiger partial charge in [-0.15, -0.1) is 0 Å². The molecular formula is C17H19N7O2. The zero-order valence-corrected chi connectivity index (χ0v) is 14.1. The van der Waals surface area contributed by atoms with Crippen LogP contribution in [0.4, 0.5) is 17.3 Å². The van der Waals surface area contributed by atoms with E-state index in [1.54, 1.807) is 12.5 Å². The van der Waals surface area contributed by atoms with Crippen LogP contribution in [0.1, 0.15) is 12.0 Å². The summed E-state index contributed by atoms with van der Waals surface area (Å²) in [5.41, 5.74) is 0.862. The van der Waals surface area contributed by atoms with Gasteiger partial charge in [0.25, 0.3) is 0 Å². The first-order valence-corrected chi connectivity index (χ1v) is 8.21. The Morgan fingerprint density at radius 3 is 2.58 bits per heavy atom. The van der Waals surface area contributed by atoms with Gasteiger partial charge in [-0.2, -0.15) is 0 Å². The van der Waals surface area contributed by atoms with Crippen molar-refractivity contribution in [3.8, 4) is 0 Å². The Hall–Kier alpha value is -3.49. The Morgan fingerprint density at radius 2 is 1.88 bits per heavy atom. The smallest absolute Gasteiger partial charge is 0.353 e. The summed E-state index contributed by atoms with van der Waals surface area (Å²) in [4.78, 5) is 23.1. The summed E-state index contributed by atoms with van der Waals surface area (Å²) in [5.74, 6) is 0.414. The molecule has 0 spiro atoms. The van der Waals surface area contributed by atoms with Gasteiger partial charge < -0.3 is 15.2 Å². The minimum Gasteiger partial charge on any atom is -0.364 e. The largest absolute Gasteiger partial charge is 0.364 e. The number of nitrogens with one attached hydrogen (secondary N) is 2. The van der Waals surface area contributed by atoms with Gasteiger partial charge in [0.05, 0.1) is 11.3 Å². The van der Waals surface area contributed by atoms with E-state index < -0.39 is 4.92 Å². The van der Waals surface area contributed by atoms with Crippen LogP contribution in [0.3, 0.4) is 0 Å². The number of rotatable bonds is 9. The molecule has 2 aromatic heterocycles. The molecule has 1 aromatic carbocycles. The molecule has 26 heavy (non-hydrogen) atoms. The molecule has 0 saturated heterocycles. The number of imidazole rings is 1. The third-order valence-corrected chi connectivity index (χ3v) is 3.75. The van der Waals surface area contributed by atoms with Crippen molar-refractivity contribution >= 4 is 17.3 Å². The van der Waals surface area contributed by atoms with Crippen molar-refractivity contribution in [1.29, 1.82) is 0 Å². The van der Waals surface area contributed by atoms with E-state index in [0.717, 1.165) is 18.5 Å². The minimum atomic E-state index is -0.467. The van der Waals surface area contributed by atoms with Gasteiger partial charge in [-0.1, -0.05) is 30.3 Å². The Labute approximate surface area is 150 Å². The van der Waals surface area contributed by atoms with E-state index in [9.17, 15) is 10.1 Å². The second-order valence-electron chi connectivity index (χ2n) is 5.60. The predicted molar refractivity (Wildman–Crippen MR) is 97.8 cm³/mol. The lowest BCUT2D eigenvalue weighted by Crippen LogP contribution is -2.12. The molecule has 0 aliphatic heterocycles. The van der Waals surface area contributed by atoms with Crippen LogP contribution in [0, 0.1) is 10.1 Å². The highest BCUT2D eigenvalue weighted by Crippen LogP contribution is 2.29. The van der Waals surface area contributed by atoms with E-state index in [0.29, 0.717) is 13.1 Å². The second-order valence-corrected chi connectivity index (χ2v) is 5.60. The first-order valence-electron chi connectivity index (χ1n) is 8.21. The van der Waals surface area contributed by atoms with E-state index in [-0.39, 0.29) is 17.3 Å². The van der Waals surface area contributed by atoms with Gasteiger partial charge in [-0.3, -0.25) is 10.1 Å². The molecule has 0 amide bonds. The molecule has 9 nitrogen and oxygen atoms in total. The SMILES string of the molecule is O=[N+]([O-])c1c(NCCCn2ccnc2)ncnc1NCc1ccccc1. The number of hydrogen-bond donors (Lipinski definition) is 2. The summed E-state index contributed by atoms with van der Waals surface area (Å²) in [6, 6.07) is 9.63. The Morgan fingerprint density at radius 1 is 1.12 bits per heavy atom. The van der Waals surface area contributed by atoms with Crippen molar-refractivity contribution in [3.05, 3.63) is 71.1 Å². The van der Waals surface area contributed by atoms with Crippen LogP contribution in [0.2, 0.25) is 0 Å². The normalized spacial score (nSPS) is 10.5. The predicted octanol–water partition coefficient (Wildman–Crippen LogP) is 2.70. The summed E-state index contributed by atoms with van der Waals surface area (Å²) in [7, 11) is 0. The van der Waals surface area contributed by atoms with Crippen molar-refractivity contribution in [2.75, 3.05) is 17.2 Å². The van der Waals surface area contributed by atoms with E-state index in [1.165, 1.54) is 6.33 Å². The van der Waals surface area contributed by atoms with Crippen molar-refractivity contribution < 1.29 is 4.92 Å². The fourth-order valence-electron chi connectivity index (χ4n) is 2.48. The number of nitrogens with zero attached hydrogens (tertiary/aromatic N) is 5. The molecule has 3 rings (SSSR count). The lowest BCUT2D eigenvalue weighted by atomic mass is 10.2. The molecule has 0 aliphatic rings. The van der Waals surface area contributed by atoms with Gasteiger partial charge in [0, 0.05) is 32.0 Å². The fourth-order valence-corrected chi connectivity index (χ4v) is 2.48. The topological polar surface area (TPSA) is 111 Å². The van der Waals surface area contributed by atoms with Crippen LogP contribution < -0.4 is 10.6 Å². The lowest BCUT2D eigenvalue weighted by Gasteiger charge is -2.10. The number of benzene rings is 1. The van der Waals surface area contributed by atoms with Gasteiger partial charge in [0.15, 0.2) is 0 Å². The molecule has 0 fully saturated rings. The third kappa shape index (κ3) is 4.53. The van der Waals surface area contributed by atoms with Crippen LogP contribution in [0.15, 0.2) is 55.4 Å². The Kier molecular flexibility index (Phi) is 5.71. The zero-order valence-electron chi connectivity index (χ0n) is 14.1. The molecule has 0 saturated carbocycles. The summed E-state index contributed by atoms with van der Waals surface area (Å²) >= 11 is 0. The van der Waals surface area contributed by atoms with E-state index in [2.05, 4.69) is 25.6 Å². The maximum absolute atomic E-state index is 11.5. The molecule has 9 heteroatoms. The first kappa shape index (κ1) is 17.3. The van der Waals surface area contributed by atoms with Crippen molar-refractivity contribution in [3.63, 3.8) is 0 Å². The quantitative estimate of drug-likeness (QED) is 0.345. The van der Waals surface area contributed by atoms with Crippen LogP contribution in [0.5, 0.6) is 0 Å². The fraction of sp³-hybridized carbons (Fsp3) is 0.235. The van der Waals surface area contributed by atoms with Crippen molar-refractivity contribution in [2.24, 2.45) is 0 Å². The monoisotopic (exact) mass is 353 g/mol. The maximum Gasteiger partial charge on any atom is 0.353 e. The average Bonchev–Trinajstić information content (AvgIpc) is 3.17. The van der Waals surface area contributed by atoms with E-state index in [4.69, 9.17) is 0 Å². The molecule has 2 heterocycles. The highest BCUT2D eigenvalue weighted by molar-refractivity contribution is 5.69. The van der Waals surface area contributed by atoms with Crippen LogP contribution in [-0.4, -0.2) is 31.0 Å². The van der Waals surface area contributed by atoms with Crippen LogP contribution >= 0.6 is 0 Å². The summed E-state index contributed by atoms with van der Waals surface area (Å²) in [5, 5.41) is 17.6. The number of anilines is 2. The molecule has 0 unspecified atom stereocenters. The van der Waals surface area contributed by atoms with Gasteiger partial charge >= 0.3 is 5.69 Å². The van der Waals surface area contributed by atoms with Gasteiger partial charge in [0.2, 0.25) is 11.6 Å². The Balaban J connectivity index is 1.64. The van der Waals surface area contributed by atoms with E-state index in [1.807, 2.05) is 41.1 Å². The van der Waals surface area contributed by atoms with E-state index >= 15 is 0 Å². The standard InChI is InChI=1S/C17H19N7O2/c25-24(26)15-16(19-7-4-9-23-10-8-18-13-23)21-12-22-17(15)20-11-14-5-2-1-3-6-14/h1-3,5-6,8,10,12-13H,4,7,9,11H2,(H2,19,20,21,22). The molecule has 0 atom stereocenters. The zero-order chi connectivity index (χ0) is 18.2. The summed E-state index contributed by atoms with van der Waals surface area (Å²) < 4.78 is 1.95. The molecule has 2 N–H and O–H groups in total. The van der Waals surface area contributed by atoms with Crippen molar-refractivity contribution in [1.82, 2.24) is 19.5 Å². The summed E-state index contributed by atoms with van der Waals surface area (Å²) in [6.07, 6.45) is 7.42. The van der Waals surface area contributed by atoms with Crippen molar-refractivity contribution in [2.45, 2.75) is 19.5 Å². The molecule has 134 valence electrons. The number of aryl methyl sites for hydroxylation is 1. The van der Waals surface area contributed by atoms with Gasteiger partial charge in [-0.25, -0.2) is 15.0 Å².